The molecule has 25 heavy (non-hydrogen) atoms. The summed E-state index contributed by atoms with van der Waals surface area (Å²) in [5, 5.41) is 12.7. The molecule has 3 rings (SSSR count). The number of esters is 1. The van der Waals surface area contributed by atoms with Gasteiger partial charge in [-0.05, 0) is 11.5 Å². The van der Waals surface area contributed by atoms with Crippen molar-refractivity contribution in [1.29, 1.82) is 0 Å². The fraction of sp³-hybridized carbons (Fsp3) is 0.375. The van der Waals surface area contributed by atoms with Crippen molar-refractivity contribution in [1.82, 2.24) is 19.8 Å². The molecule has 1 atom stereocenters. The Kier molecular flexibility index (Phi) is 5.67. The minimum absolute atomic E-state index is 0.197. The normalized spacial score (nSPS) is 12.6. The summed E-state index contributed by atoms with van der Waals surface area (Å²) in [7, 11) is 0. The average molecular weight is 377 g/mol. The van der Waals surface area contributed by atoms with E-state index in [0.29, 0.717) is 10.8 Å². The van der Waals surface area contributed by atoms with Gasteiger partial charge >= 0.3 is 5.97 Å². The molecule has 0 aliphatic rings. The Morgan fingerprint density at radius 1 is 1.32 bits per heavy atom. The Balaban J connectivity index is 1.57. The maximum Gasteiger partial charge on any atom is 0.316 e. The molecule has 7 nitrogen and oxygen atoms in total. The number of hydrogen-bond acceptors (Lipinski definition) is 8. The van der Waals surface area contributed by atoms with Gasteiger partial charge in [0.2, 0.25) is 4.96 Å². The van der Waals surface area contributed by atoms with E-state index in [2.05, 4.69) is 15.3 Å². The highest BCUT2D eigenvalue weighted by atomic mass is 32.2. The number of benzene rings is 1. The predicted molar refractivity (Wildman–Crippen MR) is 97.4 cm³/mol. The Labute approximate surface area is 153 Å². The highest BCUT2D eigenvalue weighted by Gasteiger charge is 2.20. The van der Waals surface area contributed by atoms with Crippen LogP contribution in [0.15, 0.2) is 34.7 Å². The molecule has 0 bridgehead atoms. The molecule has 0 radical (unpaired) electrons. The highest BCUT2D eigenvalue weighted by Crippen LogP contribution is 2.27. The van der Waals surface area contributed by atoms with E-state index in [1.54, 1.807) is 4.52 Å². The zero-order chi connectivity index (χ0) is 17.8. The lowest BCUT2D eigenvalue weighted by molar-refractivity contribution is -0.141. The molecule has 132 valence electrons. The van der Waals surface area contributed by atoms with E-state index in [9.17, 15) is 4.79 Å². The zero-order valence-electron chi connectivity index (χ0n) is 14.0. The van der Waals surface area contributed by atoms with Crippen LogP contribution in [0.1, 0.15) is 31.3 Å². The standard InChI is InChI=1S/C16H19N5O2S2/c1-10(2)13(17)14-18-19-15-21(14)20-16(25-15)24-9-12(22)23-8-11-6-4-3-5-7-11/h3-7,10,13H,8-9,17H2,1-2H3/t13-/m0/s1. The second-order valence-electron chi connectivity index (χ2n) is 5.83. The molecule has 0 saturated carbocycles. The van der Waals surface area contributed by atoms with E-state index in [0.717, 1.165) is 9.90 Å². The lowest BCUT2D eigenvalue weighted by Crippen LogP contribution is -2.20. The van der Waals surface area contributed by atoms with E-state index in [-0.39, 0.29) is 30.3 Å². The number of carbonyl (C=O) groups excluding carboxylic acids is 1. The van der Waals surface area contributed by atoms with Crippen molar-refractivity contribution < 1.29 is 9.53 Å². The fourth-order valence-electron chi connectivity index (χ4n) is 2.08. The van der Waals surface area contributed by atoms with Gasteiger partial charge in [0.05, 0.1) is 11.8 Å². The molecule has 2 heterocycles. The third kappa shape index (κ3) is 4.36. The van der Waals surface area contributed by atoms with Gasteiger partial charge < -0.3 is 10.5 Å². The highest BCUT2D eigenvalue weighted by molar-refractivity contribution is 8.01. The van der Waals surface area contributed by atoms with Crippen molar-refractivity contribution in [3.8, 4) is 0 Å². The van der Waals surface area contributed by atoms with Gasteiger partial charge in [0.1, 0.15) is 6.61 Å². The van der Waals surface area contributed by atoms with Gasteiger partial charge in [-0.3, -0.25) is 4.79 Å². The van der Waals surface area contributed by atoms with E-state index in [1.165, 1.54) is 23.1 Å². The summed E-state index contributed by atoms with van der Waals surface area (Å²) in [6.07, 6.45) is 0. The quantitative estimate of drug-likeness (QED) is 0.499. The van der Waals surface area contributed by atoms with Gasteiger partial charge in [0.25, 0.3) is 0 Å². The number of rotatable bonds is 7. The fourth-order valence-corrected chi connectivity index (χ4v) is 3.76. The number of thioether (sulfide) groups is 1. The summed E-state index contributed by atoms with van der Waals surface area (Å²) < 4.78 is 7.66. The van der Waals surface area contributed by atoms with Gasteiger partial charge in [-0.1, -0.05) is 67.3 Å². The van der Waals surface area contributed by atoms with Crippen LogP contribution in [-0.4, -0.2) is 31.5 Å². The minimum atomic E-state index is -0.279. The first-order chi connectivity index (χ1) is 12.0. The largest absolute Gasteiger partial charge is 0.460 e. The summed E-state index contributed by atoms with van der Waals surface area (Å²) in [5.74, 6) is 0.791. The molecule has 0 unspecified atom stereocenters. The number of nitrogens with zero attached hydrogens (tertiary/aromatic N) is 4. The van der Waals surface area contributed by atoms with E-state index >= 15 is 0 Å². The smallest absolute Gasteiger partial charge is 0.316 e. The van der Waals surface area contributed by atoms with Gasteiger partial charge in [-0.2, -0.15) is 4.52 Å². The second-order valence-corrected chi connectivity index (χ2v) is 8.00. The summed E-state index contributed by atoms with van der Waals surface area (Å²) in [5.41, 5.74) is 7.10. The molecule has 0 spiro atoms. The van der Waals surface area contributed by atoms with Crippen LogP contribution in [0.2, 0.25) is 0 Å². The molecular weight excluding hydrogens is 358 g/mol. The van der Waals surface area contributed by atoms with Gasteiger partial charge in [-0.25, -0.2) is 0 Å². The monoisotopic (exact) mass is 377 g/mol. The first kappa shape index (κ1) is 17.8. The average Bonchev–Trinajstić information content (AvgIpc) is 3.18. The molecule has 0 aliphatic heterocycles. The van der Waals surface area contributed by atoms with Crippen LogP contribution < -0.4 is 5.73 Å². The Morgan fingerprint density at radius 3 is 2.80 bits per heavy atom. The molecule has 0 saturated heterocycles. The van der Waals surface area contributed by atoms with Crippen LogP contribution >= 0.6 is 23.1 Å². The van der Waals surface area contributed by atoms with Crippen molar-refractivity contribution >= 4 is 34.0 Å². The first-order valence-corrected chi connectivity index (χ1v) is 9.65. The molecule has 2 aromatic heterocycles. The SMILES string of the molecule is CC(C)[C@H](N)c1nnc2sc(SCC(=O)OCc3ccccc3)nn12. The van der Waals surface area contributed by atoms with Crippen molar-refractivity contribution in [2.45, 2.75) is 30.8 Å². The van der Waals surface area contributed by atoms with Crippen LogP contribution in [-0.2, 0) is 16.1 Å². The molecule has 3 aromatic rings. The van der Waals surface area contributed by atoms with Crippen LogP contribution in [0.3, 0.4) is 0 Å². The van der Waals surface area contributed by atoms with Crippen molar-refractivity contribution in [2.75, 3.05) is 5.75 Å². The number of nitrogens with two attached hydrogens (primary N) is 1. The summed E-state index contributed by atoms with van der Waals surface area (Å²) in [6, 6.07) is 9.36. The number of aromatic nitrogens is 4. The van der Waals surface area contributed by atoms with Gasteiger partial charge in [-0.15, -0.1) is 15.3 Å². The topological polar surface area (TPSA) is 95.4 Å². The summed E-state index contributed by atoms with van der Waals surface area (Å²) in [4.78, 5) is 12.6. The molecule has 2 N–H and O–H groups in total. The van der Waals surface area contributed by atoms with Gasteiger partial charge in [0, 0.05) is 0 Å². The van der Waals surface area contributed by atoms with Crippen LogP contribution in [0.25, 0.3) is 4.96 Å². The van der Waals surface area contributed by atoms with E-state index in [4.69, 9.17) is 10.5 Å². The number of fused-ring (bicyclic) bond motifs is 1. The molecule has 1 aromatic carbocycles. The number of carbonyl (C=O) groups is 1. The summed E-state index contributed by atoms with van der Waals surface area (Å²) in [6.45, 7) is 4.33. The Morgan fingerprint density at radius 2 is 2.08 bits per heavy atom. The van der Waals surface area contributed by atoms with Crippen molar-refractivity contribution in [3.05, 3.63) is 41.7 Å². The number of ether oxygens (including phenoxy) is 1. The van der Waals surface area contributed by atoms with Crippen molar-refractivity contribution in [2.24, 2.45) is 11.7 Å². The van der Waals surface area contributed by atoms with Crippen molar-refractivity contribution in [3.63, 3.8) is 0 Å². The lowest BCUT2D eigenvalue weighted by atomic mass is 10.1. The second kappa shape index (κ2) is 7.94. The van der Waals surface area contributed by atoms with E-state index in [1.807, 2.05) is 44.2 Å². The van der Waals surface area contributed by atoms with Crippen LogP contribution in [0.5, 0.6) is 0 Å². The van der Waals surface area contributed by atoms with E-state index < -0.39 is 0 Å². The molecular formula is C16H19N5O2S2. The third-order valence-electron chi connectivity index (χ3n) is 3.57. The Hall–Kier alpha value is -1.97. The molecule has 0 aliphatic carbocycles. The lowest BCUT2D eigenvalue weighted by Gasteiger charge is -2.11. The van der Waals surface area contributed by atoms with Gasteiger partial charge in [0.15, 0.2) is 10.2 Å². The Bertz CT molecular complexity index is 847. The third-order valence-corrected chi connectivity index (χ3v) is 5.57. The maximum absolute atomic E-state index is 11.9. The summed E-state index contributed by atoms with van der Waals surface area (Å²) >= 11 is 2.71. The zero-order valence-corrected chi connectivity index (χ0v) is 15.6. The molecule has 0 amide bonds. The maximum atomic E-state index is 11.9. The van der Waals surface area contributed by atoms with Crippen LogP contribution in [0, 0.1) is 5.92 Å². The molecule has 9 heteroatoms. The van der Waals surface area contributed by atoms with Crippen LogP contribution in [0.4, 0.5) is 0 Å². The predicted octanol–water partition coefficient (Wildman–Crippen LogP) is 2.68. The minimum Gasteiger partial charge on any atom is -0.460 e. The molecule has 0 fully saturated rings. The first-order valence-electron chi connectivity index (χ1n) is 7.84. The number of hydrogen-bond donors (Lipinski definition) is 1.